The fourth-order valence-corrected chi connectivity index (χ4v) is 2.15. The standard InChI is InChI=1S/C18H15N3O5/c1-24-18(23)13-2-6-14(7-3-13)20-16(22)10-25-15-8-4-12(5-9-15)17-21-19-11-26-17/h2-9,11H,10H2,1H3,(H,20,22). The number of ether oxygens (including phenoxy) is 2. The Balaban J connectivity index is 1.51. The van der Waals surface area contributed by atoms with Crippen LogP contribution >= 0.6 is 0 Å². The molecule has 0 aliphatic heterocycles. The number of rotatable bonds is 6. The van der Waals surface area contributed by atoms with Crippen molar-refractivity contribution < 1.29 is 23.5 Å². The van der Waals surface area contributed by atoms with Crippen molar-refractivity contribution >= 4 is 17.6 Å². The minimum absolute atomic E-state index is 0.154. The van der Waals surface area contributed by atoms with Crippen molar-refractivity contribution in [2.75, 3.05) is 19.0 Å². The van der Waals surface area contributed by atoms with Gasteiger partial charge in [0.15, 0.2) is 6.61 Å². The van der Waals surface area contributed by atoms with Gasteiger partial charge in [0.05, 0.1) is 12.7 Å². The van der Waals surface area contributed by atoms with Gasteiger partial charge in [-0.2, -0.15) is 0 Å². The summed E-state index contributed by atoms with van der Waals surface area (Å²) in [6.07, 6.45) is 1.25. The second-order valence-electron chi connectivity index (χ2n) is 5.17. The third-order valence-electron chi connectivity index (χ3n) is 3.42. The number of hydrogen-bond acceptors (Lipinski definition) is 7. The number of aromatic nitrogens is 2. The summed E-state index contributed by atoms with van der Waals surface area (Å²) in [4.78, 5) is 23.3. The first-order valence-electron chi connectivity index (χ1n) is 7.63. The summed E-state index contributed by atoms with van der Waals surface area (Å²) in [7, 11) is 1.31. The molecule has 2 aromatic carbocycles. The number of benzene rings is 2. The van der Waals surface area contributed by atoms with Gasteiger partial charge in [-0.15, -0.1) is 10.2 Å². The molecule has 8 heteroatoms. The molecule has 0 aliphatic carbocycles. The van der Waals surface area contributed by atoms with Gasteiger partial charge in [-0.25, -0.2) is 4.79 Å². The number of carbonyl (C=O) groups excluding carboxylic acids is 2. The minimum Gasteiger partial charge on any atom is -0.484 e. The third-order valence-corrected chi connectivity index (χ3v) is 3.42. The normalized spacial score (nSPS) is 10.2. The van der Waals surface area contributed by atoms with Crippen LogP contribution in [0.2, 0.25) is 0 Å². The van der Waals surface area contributed by atoms with Crippen molar-refractivity contribution in [1.82, 2.24) is 10.2 Å². The Morgan fingerprint density at radius 1 is 1.08 bits per heavy atom. The highest BCUT2D eigenvalue weighted by atomic mass is 16.5. The van der Waals surface area contributed by atoms with Crippen LogP contribution in [0.15, 0.2) is 59.3 Å². The maximum absolute atomic E-state index is 12.0. The van der Waals surface area contributed by atoms with Gasteiger partial charge in [0.2, 0.25) is 12.3 Å². The van der Waals surface area contributed by atoms with Gasteiger partial charge in [-0.05, 0) is 48.5 Å². The number of nitrogens with zero attached hydrogens (tertiary/aromatic N) is 2. The zero-order valence-corrected chi connectivity index (χ0v) is 13.8. The topological polar surface area (TPSA) is 104 Å². The summed E-state index contributed by atoms with van der Waals surface area (Å²) < 4.78 is 15.2. The molecule has 0 spiro atoms. The molecule has 3 aromatic rings. The first-order valence-corrected chi connectivity index (χ1v) is 7.63. The molecule has 132 valence electrons. The number of amides is 1. The minimum atomic E-state index is -0.435. The van der Waals surface area contributed by atoms with E-state index in [1.165, 1.54) is 13.5 Å². The van der Waals surface area contributed by atoms with Crippen molar-refractivity contribution in [2.24, 2.45) is 0 Å². The highest BCUT2D eigenvalue weighted by Crippen LogP contribution is 2.20. The Morgan fingerprint density at radius 3 is 2.42 bits per heavy atom. The van der Waals surface area contributed by atoms with Crippen LogP contribution in [0.3, 0.4) is 0 Å². The van der Waals surface area contributed by atoms with Crippen molar-refractivity contribution in [3.63, 3.8) is 0 Å². The smallest absolute Gasteiger partial charge is 0.337 e. The van der Waals surface area contributed by atoms with Gasteiger partial charge in [0.1, 0.15) is 5.75 Å². The van der Waals surface area contributed by atoms with Crippen molar-refractivity contribution in [3.8, 4) is 17.2 Å². The van der Waals surface area contributed by atoms with E-state index in [9.17, 15) is 9.59 Å². The molecule has 0 saturated carbocycles. The third kappa shape index (κ3) is 4.23. The average Bonchev–Trinajstić information content (AvgIpc) is 3.21. The molecule has 0 atom stereocenters. The lowest BCUT2D eigenvalue weighted by molar-refractivity contribution is -0.118. The lowest BCUT2D eigenvalue weighted by Gasteiger charge is -2.08. The van der Waals surface area contributed by atoms with Gasteiger partial charge < -0.3 is 19.2 Å². The Labute approximate surface area is 148 Å². The molecule has 8 nitrogen and oxygen atoms in total. The van der Waals surface area contributed by atoms with Crippen molar-refractivity contribution in [3.05, 3.63) is 60.5 Å². The van der Waals surface area contributed by atoms with E-state index in [-0.39, 0.29) is 12.5 Å². The molecular weight excluding hydrogens is 338 g/mol. The second-order valence-corrected chi connectivity index (χ2v) is 5.17. The number of esters is 1. The Bertz CT molecular complexity index is 874. The summed E-state index contributed by atoms with van der Waals surface area (Å²) >= 11 is 0. The van der Waals surface area contributed by atoms with Crippen LogP contribution in [-0.4, -0.2) is 35.8 Å². The molecular formula is C18H15N3O5. The van der Waals surface area contributed by atoms with Gasteiger partial charge in [0, 0.05) is 11.3 Å². The second kappa shape index (κ2) is 7.93. The zero-order chi connectivity index (χ0) is 18.4. The number of methoxy groups -OCH3 is 1. The lowest BCUT2D eigenvalue weighted by Crippen LogP contribution is -2.20. The Morgan fingerprint density at radius 2 is 1.81 bits per heavy atom. The van der Waals surface area contributed by atoms with Crippen LogP contribution in [0.1, 0.15) is 10.4 Å². The molecule has 26 heavy (non-hydrogen) atoms. The summed E-state index contributed by atoms with van der Waals surface area (Å²) in [6.45, 7) is -0.154. The molecule has 0 radical (unpaired) electrons. The molecule has 0 fully saturated rings. The van der Waals surface area contributed by atoms with Crippen molar-refractivity contribution in [1.29, 1.82) is 0 Å². The Kier molecular flexibility index (Phi) is 5.23. The molecule has 3 rings (SSSR count). The highest BCUT2D eigenvalue weighted by molar-refractivity contribution is 5.93. The maximum Gasteiger partial charge on any atom is 0.337 e. The van der Waals surface area contributed by atoms with E-state index in [2.05, 4.69) is 20.3 Å². The molecule has 0 saturated heterocycles. The van der Waals surface area contributed by atoms with Crippen LogP contribution in [0, 0.1) is 0 Å². The monoisotopic (exact) mass is 353 g/mol. The van der Waals surface area contributed by atoms with E-state index in [4.69, 9.17) is 9.15 Å². The van der Waals surface area contributed by atoms with Crippen molar-refractivity contribution in [2.45, 2.75) is 0 Å². The summed E-state index contributed by atoms with van der Waals surface area (Å²) in [5.41, 5.74) is 1.71. The van der Waals surface area contributed by atoms with E-state index in [1.54, 1.807) is 48.5 Å². The fourth-order valence-electron chi connectivity index (χ4n) is 2.15. The van der Waals surface area contributed by atoms with E-state index in [0.717, 1.165) is 5.56 Å². The summed E-state index contributed by atoms with van der Waals surface area (Å²) in [5, 5.41) is 10.1. The highest BCUT2D eigenvalue weighted by Gasteiger charge is 2.08. The molecule has 0 aliphatic rings. The first-order chi connectivity index (χ1) is 12.7. The van der Waals surface area contributed by atoms with E-state index < -0.39 is 5.97 Å². The molecule has 1 amide bonds. The van der Waals surface area contributed by atoms with Gasteiger partial charge in [0.25, 0.3) is 5.91 Å². The van der Waals surface area contributed by atoms with Gasteiger partial charge in [-0.1, -0.05) is 0 Å². The molecule has 1 heterocycles. The van der Waals surface area contributed by atoms with Gasteiger partial charge >= 0.3 is 5.97 Å². The van der Waals surface area contributed by atoms with E-state index in [0.29, 0.717) is 22.9 Å². The van der Waals surface area contributed by atoms with Gasteiger partial charge in [-0.3, -0.25) is 4.79 Å². The molecule has 1 aromatic heterocycles. The number of carbonyl (C=O) groups is 2. The van der Waals surface area contributed by atoms with E-state index >= 15 is 0 Å². The predicted molar refractivity (Wildman–Crippen MR) is 91.6 cm³/mol. The number of nitrogens with one attached hydrogen (secondary N) is 1. The van der Waals surface area contributed by atoms with Crippen LogP contribution in [0.5, 0.6) is 5.75 Å². The number of hydrogen-bond donors (Lipinski definition) is 1. The summed E-state index contributed by atoms with van der Waals surface area (Å²) in [5.74, 6) is 0.182. The van der Waals surface area contributed by atoms with E-state index in [1.807, 2.05) is 0 Å². The summed E-state index contributed by atoms with van der Waals surface area (Å²) in [6, 6.07) is 13.3. The van der Waals surface area contributed by atoms with Crippen LogP contribution in [0.25, 0.3) is 11.5 Å². The average molecular weight is 353 g/mol. The fraction of sp³-hybridized carbons (Fsp3) is 0.111. The quantitative estimate of drug-likeness (QED) is 0.679. The molecule has 0 unspecified atom stereocenters. The molecule has 1 N–H and O–H groups in total. The maximum atomic E-state index is 12.0. The molecule has 0 bridgehead atoms. The number of anilines is 1. The van der Waals surface area contributed by atoms with Crippen LogP contribution in [0.4, 0.5) is 5.69 Å². The zero-order valence-electron chi connectivity index (χ0n) is 13.8. The predicted octanol–water partition coefficient (Wildman–Crippen LogP) is 2.54. The Hall–Kier alpha value is -3.68. The largest absolute Gasteiger partial charge is 0.484 e. The first kappa shape index (κ1) is 17.2. The lowest BCUT2D eigenvalue weighted by atomic mass is 10.2. The van der Waals surface area contributed by atoms with Crippen LogP contribution < -0.4 is 10.1 Å². The van der Waals surface area contributed by atoms with Crippen LogP contribution in [-0.2, 0) is 9.53 Å². The SMILES string of the molecule is COC(=O)c1ccc(NC(=O)COc2ccc(-c3nnco3)cc2)cc1.